The van der Waals surface area contributed by atoms with E-state index in [-0.39, 0.29) is 18.1 Å². The van der Waals surface area contributed by atoms with Gasteiger partial charge in [0, 0.05) is 0 Å². The lowest BCUT2D eigenvalue weighted by atomic mass is 10.1. The summed E-state index contributed by atoms with van der Waals surface area (Å²) in [6.07, 6.45) is 3.05. The van der Waals surface area contributed by atoms with Crippen molar-refractivity contribution < 1.29 is 4.79 Å². The van der Waals surface area contributed by atoms with Gasteiger partial charge in [-0.15, -0.1) is 0 Å². The maximum absolute atomic E-state index is 12.3. The molecular formula is C20H24N2O. The number of aryl methyl sites for hydroxylation is 2. The molecule has 0 saturated carbocycles. The maximum atomic E-state index is 12.3. The van der Waals surface area contributed by atoms with Crippen LogP contribution in [0, 0.1) is 0 Å². The molecule has 2 aromatic carbocycles. The monoisotopic (exact) mass is 308 g/mol. The summed E-state index contributed by atoms with van der Waals surface area (Å²) in [7, 11) is 0. The highest BCUT2D eigenvalue weighted by Gasteiger charge is 2.23. The number of carbonyl (C=O) groups excluding carboxylic acids is 1. The van der Waals surface area contributed by atoms with Crippen molar-refractivity contribution in [3.63, 3.8) is 0 Å². The van der Waals surface area contributed by atoms with Crippen LogP contribution in [0.1, 0.15) is 54.6 Å². The Morgan fingerprint density at radius 3 is 2.65 bits per heavy atom. The van der Waals surface area contributed by atoms with Crippen LogP contribution in [0.4, 0.5) is 4.79 Å². The molecule has 0 aromatic heterocycles. The van der Waals surface area contributed by atoms with Crippen LogP contribution >= 0.6 is 0 Å². The van der Waals surface area contributed by atoms with Crippen molar-refractivity contribution in [1.82, 2.24) is 10.6 Å². The van der Waals surface area contributed by atoms with Crippen molar-refractivity contribution in [3.05, 3.63) is 70.8 Å². The van der Waals surface area contributed by atoms with E-state index in [1.807, 2.05) is 13.0 Å². The molecule has 0 fully saturated rings. The SMILES string of the molecule is CCc1ccc(C(C)NC(=O)NC2CCc3ccccc32)cc1. The summed E-state index contributed by atoms with van der Waals surface area (Å²) in [5.74, 6) is 0. The number of nitrogens with one attached hydrogen (secondary N) is 2. The molecule has 2 atom stereocenters. The maximum Gasteiger partial charge on any atom is 0.315 e. The standard InChI is InChI=1S/C20H24N2O/c1-3-15-8-10-16(11-9-15)14(2)21-20(23)22-19-13-12-17-6-4-5-7-18(17)19/h4-11,14,19H,3,12-13H2,1-2H3,(H2,21,22,23). The lowest BCUT2D eigenvalue weighted by Gasteiger charge is -2.19. The van der Waals surface area contributed by atoms with Crippen LogP contribution in [-0.2, 0) is 12.8 Å². The predicted octanol–water partition coefficient (Wildman–Crippen LogP) is 4.30. The van der Waals surface area contributed by atoms with Gasteiger partial charge in [-0.1, -0.05) is 55.5 Å². The third-order valence-corrected chi connectivity index (χ3v) is 4.67. The Bertz CT molecular complexity index is 678. The molecule has 0 bridgehead atoms. The van der Waals surface area contributed by atoms with Crippen LogP contribution in [0.15, 0.2) is 48.5 Å². The molecule has 3 rings (SSSR count). The molecule has 3 heteroatoms. The van der Waals surface area contributed by atoms with Crippen molar-refractivity contribution in [2.75, 3.05) is 0 Å². The fraction of sp³-hybridized carbons (Fsp3) is 0.350. The fourth-order valence-corrected chi connectivity index (χ4v) is 3.23. The molecule has 23 heavy (non-hydrogen) atoms. The highest BCUT2D eigenvalue weighted by atomic mass is 16.2. The van der Waals surface area contributed by atoms with Crippen LogP contribution in [-0.4, -0.2) is 6.03 Å². The normalized spacial score (nSPS) is 17.4. The van der Waals surface area contributed by atoms with E-state index in [0.29, 0.717) is 0 Å². The zero-order valence-corrected chi connectivity index (χ0v) is 13.8. The highest BCUT2D eigenvalue weighted by Crippen LogP contribution is 2.30. The Morgan fingerprint density at radius 2 is 1.91 bits per heavy atom. The van der Waals surface area contributed by atoms with Gasteiger partial charge in [0.2, 0.25) is 0 Å². The first kappa shape index (κ1) is 15.6. The average Bonchev–Trinajstić information content (AvgIpc) is 2.98. The number of urea groups is 1. The number of rotatable bonds is 4. The summed E-state index contributed by atoms with van der Waals surface area (Å²) >= 11 is 0. The number of fused-ring (bicyclic) bond motifs is 1. The number of amides is 2. The van der Waals surface area contributed by atoms with Gasteiger partial charge < -0.3 is 10.6 Å². The number of benzene rings is 2. The second-order valence-corrected chi connectivity index (χ2v) is 6.22. The number of carbonyl (C=O) groups is 1. The number of hydrogen-bond acceptors (Lipinski definition) is 1. The van der Waals surface area contributed by atoms with Crippen LogP contribution in [0.2, 0.25) is 0 Å². The van der Waals surface area contributed by atoms with Gasteiger partial charge in [0.05, 0.1) is 12.1 Å². The summed E-state index contributed by atoms with van der Waals surface area (Å²) in [6, 6.07) is 16.8. The first-order valence-electron chi connectivity index (χ1n) is 8.41. The molecule has 0 spiro atoms. The van der Waals surface area contributed by atoms with Crippen molar-refractivity contribution in [2.45, 2.75) is 45.2 Å². The Hall–Kier alpha value is -2.29. The van der Waals surface area contributed by atoms with Crippen molar-refractivity contribution in [2.24, 2.45) is 0 Å². The van der Waals surface area contributed by atoms with E-state index >= 15 is 0 Å². The Morgan fingerprint density at radius 1 is 1.17 bits per heavy atom. The molecule has 120 valence electrons. The minimum absolute atomic E-state index is 0.00227. The lowest BCUT2D eigenvalue weighted by Crippen LogP contribution is -2.38. The van der Waals surface area contributed by atoms with Crippen molar-refractivity contribution in [3.8, 4) is 0 Å². The van der Waals surface area contributed by atoms with E-state index in [1.165, 1.54) is 16.7 Å². The molecule has 2 unspecified atom stereocenters. The van der Waals surface area contributed by atoms with Crippen LogP contribution in [0.3, 0.4) is 0 Å². The quantitative estimate of drug-likeness (QED) is 0.869. The van der Waals surface area contributed by atoms with Gasteiger partial charge in [0.1, 0.15) is 0 Å². The van der Waals surface area contributed by atoms with E-state index in [4.69, 9.17) is 0 Å². The smallest absolute Gasteiger partial charge is 0.315 e. The highest BCUT2D eigenvalue weighted by molar-refractivity contribution is 5.75. The summed E-state index contributed by atoms with van der Waals surface area (Å²) in [5, 5.41) is 6.15. The van der Waals surface area contributed by atoms with E-state index in [0.717, 1.165) is 24.8 Å². The van der Waals surface area contributed by atoms with Gasteiger partial charge in [-0.25, -0.2) is 4.79 Å². The van der Waals surface area contributed by atoms with Crippen molar-refractivity contribution >= 4 is 6.03 Å². The van der Waals surface area contributed by atoms with Gasteiger partial charge in [-0.3, -0.25) is 0 Å². The van der Waals surface area contributed by atoms with Gasteiger partial charge in [-0.2, -0.15) is 0 Å². The summed E-state index contributed by atoms with van der Waals surface area (Å²) in [6.45, 7) is 4.16. The number of hydrogen-bond donors (Lipinski definition) is 2. The molecule has 2 amide bonds. The lowest BCUT2D eigenvalue weighted by molar-refractivity contribution is 0.234. The van der Waals surface area contributed by atoms with Crippen LogP contribution in [0.5, 0.6) is 0 Å². The minimum atomic E-state index is -0.0984. The van der Waals surface area contributed by atoms with Crippen LogP contribution < -0.4 is 10.6 Å². The molecular weight excluding hydrogens is 284 g/mol. The second-order valence-electron chi connectivity index (χ2n) is 6.22. The molecule has 0 heterocycles. The minimum Gasteiger partial charge on any atom is -0.332 e. The van der Waals surface area contributed by atoms with E-state index in [9.17, 15) is 4.79 Å². The van der Waals surface area contributed by atoms with Crippen molar-refractivity contribution in [1.29, 1.82) is 0 Å². The molecule has 0 saturated heterocycles. The zero-order valence-electron chi connectivity index (χ0n) is 13.8. The first-order chi connectivity index (χ1) is 11.2. The predicted molar refractivity (Wildman–Crippen MR) is 93.4 cm³/mol. The molecule has 2 N–H and O–H groups in total. The van der Waals surface area contributed by atoms with E-state index in [2.05, 4.69) is 60.0 Å². The largest absolute Gasteiger partial charge is 0.332 e. The average molecular weight is 308 g/mol. The molecule has 3 nitrogen and oxygen atoms in total. The zero-order chi connectivity index (χ0) is 16.2. The topological polar surface area (TPSA) is 41.1 Å². The second kappa shape index (κ2) is 6.86. The fourth-order valence-electron chi connectivity index (χ4n) is 3.23. The molecule has 0 radical (unpaired) electrons. The summed E-state index contributed by atoms with van der Waals surface area (Å²) in [5.41, 5.74) is 5.04. The first-order valence-corrected chi connectivity index (χ1v) is 8.41. The summed E-state index contributed by atoms with van der Waals surface area (Å²) in [4.78, 5) is 12.3. The summed E-state index contributed by atoms with van der Waals surface area (Å²) < 4.78 is 0. The Kier molecular flexibility index (Phi) is 4.65. The van der Waals surface area contributed by atoms with Gasteiger partial charge >= 0.3 is 6.03 Å². The molecule has 0 aliphatic heterocycles. The molecule has 1 aliphatic rings. The van der Waals surface area contributed by atoms with E-state index < -0.39 is 0 Å². The van der Waals surface area contributed by atoms with Crippen LogP contribution in [0.25, 0.3) is 0 Å². The molecule has 1 aliphatic carbocycles. The van der Waals surface area contributed by atoms with Gasteiger partial charge in [0.25, 0.3) is 0 Å². The Balaban J connectivity index is 1.59. The molecule has 2 aromatic rings. The van der Waals surface area contributed by atoms with Gasteiger partial charge in [-0.05, 0) is 48.4 Å². The van der Waals surface area contributed by atoms with E-state index in [1.54, 1.807) is 0 Å². The third-order valence-electron chi connectivity index (χ3n) is 4.67. The Labute approximate surface area is 138 Å². The third kappa shape index (κ3) is 3.55. The van der Waals surface area contributed by atoms with Gasteiger partial charge in [0.15, 0.2) is 0 Å².